The molecule has 0 N–H and O–H groups in total. The topological polar surface area (TPSA) is 78.9 Å². The van der Waals surface area contributed by atoms with E-state index in [1.54, 1.807) is 0 Å². The molecule has 0 radical (unpaired) electrons. The number of carbonyl (C=O) groups is 3. The maximum Gasteiger partial charge on any atom is 0.306 e. The van der Waals surface area contributed by atoms with Crippen LogP contribution in [0.1, 0.15) is 432 Å². The first-order valence-electron chi connectivity index (χ1n) is 36.5. The van der Waals surface area contributed by atoms with Crippen molar-refractivity contribution in [1.82, 2.24) is 0 Å². The fourth-order valence-corrected chi connectivity index (χ4v) is 11.6. The highest BCUT2D eigenvalue weighted by molar-refractivity contribution is 5.71. The average molecular weight is 1120 g/mol. The lowest BCUT2D eigenvalue weighted by atomic mass is 10.0. The van der Waals surface area contributed by atoms with E-state index in [2.05, 4.69) is 20.8 Å². The Balaban J connectivity index is 4.12. The molecule has 0 rings (SSSR count). The number of esters is 3. The predicted octanol–water partition coefficient (Wildman–Crippen LogP) is 25.0. The van der Waals surface area contributed by atoms with Crippen LogP contribution in [0.3, 0.4) is 0 Å². The minimum Gasteiger partial charge on any atom is -0.462 e. The molecule has 0 saturated carbocycles. The van der Waals surface area contributed by atoms with Crippen LogP contribution in [0.5, 0.6) is 0 Å². The highest BCUT2D eigenvalue weighted by Gasteiger charge is 2.20. The molecule has 0 spiro atoms. The highest BCUT2D eigenvalue weighted by Crippen LogP contribution is 2.20. The Hall–Kier alpha value is -1.59. The first-order chi connectivity index (χ1) is 39.0. The molecule has 6 nitrogen and oxygen atoms in total. The number of hydrogen-bond acceptors (Lipinski definition) is 6. The highest BCUT2D eigenvalue weighted by atomic mass is 16.6. The lowest BCUT2D eigenvalue weighted by Crippen LogP contribution is -2.30. The molecule has 0 aliphatic rings. The van der Waals surface area contributed by atoms with Gasteiger partial charge in [0, 0.05) is 19.3 Å². The van der Waals surface area contributed by atoms with E-state index >= 15 is 0 Å². The molecule has 0 aromatic carbocycles. The van der Waals surface area contributed by atoms with E-state index in [9.17, 15) is 14.4 Å². The monoisotopic (exact) mass is 1120 g/mol. The molecule has 79 heavy (non-hydrogen) atoms. The second kappa shape index (κ2) is 68.9. The summed E-state index contributed by atoms with van der Waals surface area (Å²) in [6, 6.07) is 0. The zero-order valence-electron chi connectivity index (χ0n) is 54.2. The number of hydrogen-bond donors (Lipinski definition) is 0. The summed E-state index contributed by atoms with van der Waals surface area (Å²) in [6.07, 6.45) is 81.5. The van der Waals surface area contributed by atoms with Gasteiger partial charge in [-0.25, -0.2) is 0 Å². The molecule has 0 amide bonds. The number of carbonyl (C=O) groups excluding carboxylic acids is 3. The molecule has 470 valence electrons. The quantitative estimate of drug-likeness (QED) is 0.0343. The lowest BCUT2D eigenvalue weighted by Gasteiger charge is -2.18. The first kappa shape index (κ1) is 77.4. The largest absolute Gasteiger partial charge is 0.462 e. The number of rotatable bonds is 69. The van der Waals surface area contributed by atoms with Crippen LogP contribution in [0.25, 0.3) is 0 Å². The van der Waals surface area contributed by atoms with E-state index in [-0.39, 0.29) is 31.1 Å². The summed E-state index contributed by atoms with van der Waals surface area (Å²) in [6.45, 7) is 6.74. The SMILES string of the molecule is CCCCCCCCCCCCCCCCCCCCCCCCCCCCC(=O)OCC(COC(=O)CCCCCCCCCCCCC)OC(=O)CCCCCCCCCCCCCCCCCCCCCCCCCC. The third kappa shape index (κ3) is 67.1. The Kier molecular flexibility index (Phi) is 67.5. The van der Waals surface area contributed by atoms with Gasteiger partial charge < -0.3 is 14.2 Å². The van der Waals surface area contributed by atoms with E-state index in [1.807, 2.05) is 0 Å². The van der Waals surface area contributed by atoms with Gasteiger partial charge in [-0.1, -0.05) is 393 Å². The van der Waals surface area contributed by atoms with E-state index < -0.39 is 6.10 Å². The lowest BCUT2D eigenvalue weighted by molar-refractivity contribution is -0.167. The van der Waals surface area contributed by atoms with Gasteiger partial charge in [0.05, 0.1) is 0 Å². The van der Waals surface area contributed by atoms with E-state index in [4.69, 9.17) is 14.2 Å². The summed E-state index contributed by atoms with van der Waals surface area (Å²) in [5.74, 6) is -0.821. The molecule has 0 saturated heterocycles. The Bertz CT molecular complexity index is 1190. The van der Waals surface area contributed by atoms with Crippen LogP contribution in [0.2, 0.25) is 0 Å². The van der Waals surface area contributed by atoms with E-state index in [1.165, 1.54) is 334 Å². The van der Waals surface area contributed by atoms with Crippen molar-refractivity contribution in [3.8, 4) is 0 Å². The maximum absolute atomic E-state index is 12.9. The predicted molar refractivity (Wildman–Crippen MR) is 344 cm³/mol. The zero-order chi connectivity index (χ0) is 57.1. The summed E-state index contributed by atoms with van der Waals surface area (Å²) in [7, 11) is 0. The third-order valence-electron chi connectivity index (χ3n) is 17.1. The van der Waals surface area contributed by atoms with Gasteiger partial charge in [-0.05, 0) is 19.3 Å². The standard InChI is InChI=1S/C73H142O6/c1-4-7-10-13-16-19-22-24-26-28-30-32-34-36-37-39-40-42-44-46-48-51-54-57-60-63-66-72(75)78-69-70(68-77-71(74)65-62-59-56-53-50-21-18-15-12-9-6-3)79-73(76)67-64-61-58-55-52-49-47-45-43-41-38-35-33-31-29-27-25-23-20-17-14-11-8-5-2/h70H,4-69H2,1-3H3. The van der Waals surface area contributed by atoms with Crippen LogP contribution in [0, 0.1) is 0 Å². The second-order valence-corrected chi connectivity index (χ2v) is 25.2. The van der Waals surface area contributed by atoms with Gasteiger partial charge in [0.15, 0.2) is 6.10 Å². The van der Waals surface area contributed by atoms with Crippen LogP contribution in [0.15, 0.2) is 0 Å². The summed E-state index contributed by atoms with van der Waals surface area (Å²) < 4.78 is 17.0. The normalized spacial score (nSPS) is 11.9. The van der Waals surface area contributed by atoms with Crippen molar-refractivity contribution >= 4 is 17.9 Å². The summed E-state index contributed by atoms with van der Waals surface area (Å²) in [4.78, 5) is 38.4. The molecule has 0 aromatic heterocycles. The molecule has 0 fully saturated rings. The van der Waals surface area contributed by atoms with Crippen LogP contribution in [0.4, 0.5) is 0 Å². The van der Waals surface area contributed by atoms with Crippen molar-refractivity contribution in [1.29, 1.82) is 0 Å². The second-order valence-electron chi connectivity index (χ2n) is 25.2. The van der Waals surface area contributed by atoms with Crippen molar-refractivity contribution < 1.29 is 28.6 Å². The van der Waals surface area contributed by atoms with Gasteiger partial charge in [-0.2, -0.15) is 0 Å². The fourth-order valence-electron chi connectivity index (χ4n) is 11.6. The van der Waals surface area contributed by atoms with Crippen molar-refractivity contribution in [2.24, 2.45) is 0 Å². The van der Waals surface area contributed by atoms with Crippen LogP contribution < -0.4 is 0 Å². The Morgan fingerprint density at radius 2 is 0.342 bits per heavy atom. The Labute approximate surface area is 495 Å². The minimum absolute atomic E-state index is 0.0603. The molecule has 0 aliphatic heterocycles. The molecule has 0 aliphatic carbocycles. The van der Waals surface area contributed by atoms with Gasteiger partial charge in [-0.15, -0.1) is 0 Å². The van der Waals surface area contributed by atoms with Crippen LogP contribution in [-0.2, 0) is 28.6 Å². The minimum atomic E-state index is -0.763. The summed E-state index contributed by atoms with van der Waals surface area (Å²) >= 11 is 0. The zero-order valence-corrected chi connectivity index (χ0v) is 54.2. The van der Waals surface area contributed by atoms with Crippen molar-refractivity contribution in [3.63, 3.8) is 0 Å². The molecule has 0 bridgehead atoms. The third-order valence-corrected chi connectivity index (χ3v) is 17.1. The van der Waals surface area contributed by atoms with Gasteiger partial charge in [0.25, 0.3) is 0 Å². The maximum atomic E-state index is 12.9. The van der Waals surface area contributed by atoms with E-state index in [0.717, 1.165) is 57.8 Å². The first-order valence-corrected chi connectivity index (χ1v) is 36.5. The molecular weight excluding hydrogens is 973 g/mol. The number of ether oxygens (including phenoxy) is 3. The molecule has 1 unspecified atom stereocenters. The van der Waals surface area contributed by atoms with Gasteiger partial charge >= 0.3 is 17.9 Å². The van der Waals surface area contributed by atoms with Crippen LogP contribution in [-0.4, -0.2) is 37.2 Å². The Morgan fingerprint density at radius 1 is 0.203 bits per heavy atom. The van der Waals surface area contributed by atoms with Gasteiger partial charge in [-0.3, -0.25) is 14.4 Å². The average Bonchev–Trinajstić information content (AvgIpc) is 3.45. The van der Waals surface area contributed by atoms with Gasteiger partial charge in [0.2, 0.25) is 0 Å². The van der Waals surface area contributed by atoms with Gasteiger partial charge in [0.1, 0.15) is 13.2 Å². The smallest absolute Gasteiger partial charge is 0.306 e. The molecule has 6 heteroatoms. The summed E-state index contributed by atoms with van der Waals surface area (Å²) in [5.41, 5.74) is 0. The number of unbranched alkanes of at least 4 members (excludes halogenated alkanes) is 58. The molecular formula is C73H142O6. The van der Waals surface area contributed by atoms with Crippen LogP contribution >= 0.6 is 0 Å². The van der Waals surface area contributed by atoms with Crippen molar-refractivity contribution in [2.75, 3.05) is 13.2 Å². The molecule has 0 aromatic rings. The Morgan fingerprint density at radius 3 is 0.506 bits per heavy atom. The molecule has 1 atom stereocenters. The van der Waals surface area contributed by atoms with Crippen molar-refractivity contribution in [2.45, 2.75) is 438 Å². The fraction of sp³-hybridized carbons (Fsp3) is 0.959. The van der Waals surface area contributed by atoms with E-state index in [0.29, 0.717) is 19.3 Å². The molecule has 0 heterocycles. The van der Waals surface area contributed by atoms with Crippen molar-refractivity contribution in [3.05, 3.63) is 0 Å². The summed E-state index contributed by atoms with van der Waals surface area (Å²) in [5, 5.41) is 0.